The molecule has 0 saturated carbocycles. The van der Waals surface area contributed by atoms with Crippen molar-refractivity contribution in [3.8, 4) is 5.75 Å². The lowest BCUT2D eigenvalue weighted by Crippen LogP contribution is -2.35. The first kappa shape index (κ1) is 16.5. The van der Waals surface area contributed by atoms with Gasteiger partial charge in [-0.3, -0.25) is 4.79 Å². The number of methoxy groups -OCH3 is 1. The van der Waals surface area contributed by atoms with E-state index in [1.165, 1.54) is 23.5 Å². The first-order valence-electron chi connectivity index (χ1n) is 7.10. The first-order valence-corrected chi connectivity index (χ1v) is 8.54. The van der Waals surface area contributed by atoms with Gasteiger partial charge in [0.15, 0.2) is 0 Å². The number of sulfonamides is 1. The zero-order valence-electron chi connectivity index (χ0n) is 12.5. The second-order valence-electron chi connectivity index (χ2n) is 5.02. The maximum atomic E-state index is 12.8. The molecule has 1 fully saturated rings. The summed E-state index contributed by atoms with van der Waals surface area (Å²) in [6.07, 6.45) is 3.88. The Kier molecular flexibility index (Phi) is 5.20. The van der Waals surface area contributed by atoms with E-state index >= 15 is 0 Å². The molecule has 1 aromatic carbocycles. The van der Waals surface area contributed by atoms with Gasteiger partial charge in [0.1, 0.15) is 10.6 Å². The van der Waals surface area contributed by atoms with Gasteiger partial charge < -0.3 is 10.1 Å². The highest BCUT2D eigenvalue weighted by Gasteiger charge is 2.29. The topological polar surface area (TPSA) is 75.7 Å². The van der Waals surface area contributed by atoms with E-state index in [0.717, 1.165) is 25.3 Å². The van der Waals surface area contributed by atoms with Crippen molar-refractivity contribution in [3.05, 3.63) is 30.9 Å². The second kappa shape index (κ2) is 6.93. The van der Waals surface area contributed by atoms with Crippen LogP contribution in [0.25, 0.3) is 0 Å². The van der Waals surface area contributed by atoms with Crippen LogP contribution >= 0.6 is 0 Å². The molecule has 2 rings (SSSR count). The summed E-state index contributed by atoms with van der Waals surface area (Å²) in [6.45, 7) is 4.39. The first-order chi connectivity index (χ1) is 10.5. The Labute approximate surface area is 130 Å². The van der Waals surface area contributed by atoms with Crippen LogP contribution in [0, 0.1) is 0 Å². The van der Waals surface area contributed by atoms with Crippen molar-refractivity contribution in [1.29, 1.82) is 0 Å². The van der Waals surface area contributed by atoms with Crippen molar-refractivity contribution in [2.24, 2.45) is 0 Å². The number of nitrogens with zero attached hydrogens (tertiary/aromatic N) is 1. The monoisotopic (exact) mass is 324 g/mol. The van der Waals surface area contributed by atoms with Crippen molar-refractivity contribution < 1.29 is 17.9 Å². The predicted molar refractivity (Wildman–Crippen MR) is 84.4 cm³/mol. The number of hydrogen-bond donors (Lipinski definition) is 1. The fourth-order valence-corrected chi connectivity index (χ4v) is 4.09. The highest BCUT2D eigenvalue weighted by atomic mass is 32.2. The molecule has 0 aromatic heterocycles. The summed E-state index contributed by atoms with van der Waals surface area (Å²) in [6, 6.07) is 4.55. The molecule has 0 unspecified atom stereocenters. The van der Waals surface area contributed by atoms with E-state index in [1.807, 2.05) is 0 Å². The molecule has 0 atom stereocenters. The molecule has 6 nitrogen and oxygen atoms in total. The maximum Gasteiger partial charge on any atom is 0.247 e. The molecule has 120 valence electrons. The average molecular weight is 324 g/mol. The summed E-state index contributed by atoms with van der Waals surface area (Å²) >= 11 is 0. The van der Waals surface area contributed by atoms with Crippen LogP contribution in [-0.4, -0.2) is 38.8 Å². The maximum absolute atomic E-state index is 12.8. The summed E-state index contributed by atoms with van der Waals surface area (Å²) in [7, 11) is -2.22. The number of amides is 1. The number of ether oxygens (including phenoxy) is 1. The minimum absolute atomic E-state index is 0.0683. The van der Waals surface area contributed by atoms with E-state index in [0.29, 0.717) is 18.8 Å². The normalized spacial score (nSPS) is 16.0. The quantitative estimate of drug-likeness (QED) is 0.841. The molecule has 0 radical (unpaired) electrons. The average Bonchev–Trinajstić information content (AvgIpc) is 2.55. The molecule has 0 aliphatic carbocycles. The van der Waals surface area contributed by atoms with Gasteiger partial charge in [-0.15, -0.1) is 0 Å². The van der Waals surface area contributed by atoms with Crippen LogP contribution in [0.4, 0.5) is 5.69 Å². The van der Waals surface area contributed by atoms with E-state index < -0.39 is 15.9 Å². The van der Waals surface area contributed by atoms with Gasteiger partial charge in [0.05, 0.1) is 7.11 Å². The Morgan fingerprint density at radius 3 is 2.59 bits per heavy atom. The fraction of sp³-hybridized carbons (Fsp3) is 0.400. The molecule has 1 aromatic rings. The molecule has 0 spiro atoms. The van der Waals surface area contributed by atoms with Gasteiger partial charge in [-0.2, -0.15) is 4.31 Å². The van der Waals surface area contributed by atoms with Crippen LogP contribution in [0.15, 0.2) is 35.7 Å². The third kappa shape index (κ3) is 3.48. The molecule has 1 aliphatic rings. The Bertz CT molecular complexity index is 664. The van der Waals surface area contributed by atoms with Gasteiger partial charge in [-0.1, -0.05) is 13.0 Å². The number of carbonyl (C=O) groups is 1. The molecular weight excluding hydrogens is 304 g/mol. The molecule has 0 bridgehead atoms. The minimum atomic E-state index is -3.64. The van der Waals surface area contributed by atoms with Crippen molar-refractivity contribution in [2.75, 3.05) is 25.5 Å². The Hall–Kier alpha value is -1.86. The summed E-state index contributed by atoms with van der Waals surface area (Å²) < 4.78 is 32.2. The van der Waals surface area contributed by atoms with Gasteiger partial charge >= 0.3 is 0 Å². The predicted octanol–water partition coefficient (Wildman–Crippen LogP) is 1.99. The van der Waals surface area contributed by atoms with Crippen molar-refractivity contribution in [3.63, 3.8) is 0 Å². The van der Waals surface area contributed by atoms with Gasteiger partial charge in [0.2, 0.25) is 15.9 Å². The number of carbonyl (C=O) groups excluding carboxylic acids is 1. The van der Waals surface area contributed by atoms with Crippen molar-refractivity contribution >= 4 is 21.6 Å². The largest absolute Gasteiger partial charge is 0.495 e. The highest BCUT2D eigenvalue weighted by molar-refractivity contribution is 7.89. The molecule has 1 aliphatic heterocycles. The Morgan fingerprint density at radius 2 is 2.00 bits per heavy atom. The summed E-state index contributed by atoms with van der Waals surface area (Å²) in [4.78, 5) is 11.4. The van der Waals surface area contributed by atoms with Crippen LogP contribution in [0.5, 0.6) is 5.75 Å². The summed E-state index contributed by atoms with van der Waals surface area (Å²) in [5.41, 5.74) is 0.390. The fourth-order valence-electron chi connectivity index (χ4n) is 2.39. The molecular formula is C15H20N2O4S. The smallest absolute Gasteiger partial charge is 0.247 e. The number of anilines is 1. The molecule has 1 amide bonds. The molecule has 1 N–H and O–H groups in total. The van der Waals surface area contributed by atoms with E-state index in [4.69, 9.17) is 4.74 Å². The van der Waals surface area contributed by atoms with E-state index in [1.54, 1.807) is 6.07 Å². The number of piperidine rings is 1. The molecule has 7 heteroatoms. The van der Waals surface area contributed by atoms with Crippen molar-refractivity contribution in [1.82, 2.24) is 4.31 Å². The molecule has 22 heavy (non-hydrogen) atoms. The zero-order valence-corrected chi connectivity index (χ0v) is 13.4. The SMILES string of the molecule is C=CC(=O)Nc1ccc(OC)c(S(=O)(=O)N2CCCCC2)c1. The van der Waals surface area contributed by atoms with Crippen molar-refractivity contribution in [2.45, 2.75) is 24.2 Å². The van der Waals surface area contributed by atoms with E-state index in [-0.39, 0.29) is 10.6 Å². The van der Waals surface area contributed by atoms with Gasteiger partial charge in [0.25, 0.3) is 0 Å². The second-order valence-corrected chi connectivity index (χ2v) is 6.93. The minimum Gasteiger partial charge on any atom is -0.495 e. The van der Waals surface area contributed by atoms with Crippen LogP contribution in [-0.2, 0) is 14.8 Å². The van der Waals surface area contributed by atoms with Gasteiger partial charge in [0, 0.05) is 18.8 Å². The standard InChI is InChI=1S/C15H20N2O4S/c1-3-15(18)16-12-7-8-13(21-2)14(11-12)22(19,20)17-9-5-4-6-10-17/h3,7-8,11H,1,4-6,9-10H2,2H3,(H,16,18). The third-order valence-electron chi connectivity index (χ3n) is 3.55. The Balaban J connectivity index is 2.40. The number of benzene rings is 1. The molecule has 1 saturated heterocycles. The summed E-state index contributed by atoms with van der Waals surface area (Å²) in [5, 5.41) is 2.56. The zero-order chi connectivity index (χ0) is 16.2. The lowest BCUT2D eigenvalue weighted by Gasteiger charge is -2.26. The van der Waals surface area contributed by atoms with Crippen LogP contribution in [0.1, 0.15) is 19.3 Å². The van der Waals surface area contributed by atoms with Gasteiger partial charge in [-0.05, 0) is 37.1 Å². The number of rotatable bonds is 5. The van der Waals surface area contributed by atoms with Crippen LogP contribution < -0.4 is 10.1 Å². The molecule has 1 heterocycles. The number of nitrogens with one attached hydrogen (secondary N) is 1. The Morgan fingerprint density at radius 1 is 1.32 bits per heavy atom. The lowest BCUT2D eigenvalue weighted by atomic mass is 10.2. The highest BCUT2D eigenvalue weighted by Crippen LogP contribution is 2.31. The van der Waals surface area contributed by atoms with Gasteiger partial charge in [-0.25, -0.2) is 8.42 Å². The van der Waals surface area contributed by atoms with Crippen LogP contribution in [0.2, 0.25) is 0 Å². The summed E-state index contributed by atoms with van der Waals surface area (Å²) in [5.74, 6) is -0.131. The third-order valence-corrected chi connectivity index (χ3v) is 5.47. The lowest BCUT2D eigenvalue weighted by molar-refractivity contribution is -0.111. The van der Waals surface area contributed by atoms with Crippen LogP contribution in [0.3, 0.4) is 0 Å². The number of hydrogen-bond acceptors (Lipinski definition) is 4. The van der Waals surface area contributed by atoms with E-state index in [9.17, 15) is 13.2 Å². The van der Waals surface area contributed by atoms with E-state index in [2.05, 4.69) is 11.9 Å².